The summed E-state index contributed by atoms with van der Waals surface area (Å²) in [5.74, 6) is 0.526. The number of carbonyl (C=O) groups is 2. The molecule has 1 N–H and O–H groups in total. The topological polar surface area (TPSA) is 73.9 Å². The summed E-state index contributed by atoms with van der Waals surface area (Å²) in [5, 5.41) is 3.41. The van der Waals surface area contributed by atoms with Gasteiger partial charge in [-0.2, -0.15) is 0 Å². The van der Waals surface area contributed by atoms with Crippen molar-refractivity contribution in [3.8, 4) is 11.5 Å². The highest BCUT2D eigenvalue weighted by atomic mass is 16.5. The van der Waals surface area contributed by atoms with E-state index in [-0.39, 0.29) is 23.9 Å². The molecular weight excluding hydrogens is 454 g/mol. The molecule has 6 heteroatoms. The number of dihydropyridines is 1. The second kappa shape index (κ2) is 10.6. The molecule has 0 amide bonds. The first-order valence-electron chi connectivity index (χ1n) is 12.5. The van der Waals surface area contributed by atoms with Gasteiger partial charge in [0.1, 0.15) is 11.5 Å². The van der Waals surface area contributed by atoms with Crippen molar-refractivity contribution in [3.05, 3.63) is 82.2 Å². The Bertz CT molecular complexity index is 1210. The average Bonchev–Trinajstić information content (AvgIpc) is 2.82. The third-order valence-electron chi connectivity index (χ3n) is 6.57. The monoisotopic (exact) mass is 489 g/mol. The molecule has 0 spiro atoms. The normalized spacial score (nSPS) is 19.8. The Morgan fingerprint density at radius 3 is 2.31 bits per heavy atom. The molecule has 0 bridgehead atoms. The minimum absolute atomic E-state index is 0.0243. The Kier molecular flexibility index (Phi) is 7.53. The molecule has 1 aliphatic carbocycles. The first kappa shape index (κ1) is 25.5. The summed E-state index contributed by atoms with van der Waals surface area (Å²) in [4.78, 5) is 27.2. The number of rotatable bonds is 7. The van der Waals surface area contributed by atoms with Gasteiger partial charge in [-0.3, -0.25) is 4.79 Å². The lowest BCUT2D eigenvalue weighted by molar-refractivity contribution is -0.143. The number of allylic oxidation sites excluding steroid dienone is 3. The van der Waals surface area contributed by atoms with Crippen molar-refractivity contribution in [2.45, 2.75) is 71.5 Å². The van der Waals surface area contributed by atoms with Gasteiger partial charge in [0.05, 0.1) is 30.8 Å². The highest BCUT2D eigenvalue weighted by Gasteiger charge is 2.42. The van der Waals surface area contributed by atoms with Crippen LogP contribution in [-0.2, 0) is 14.3 Å². The van der Waals surface area contributed by atoms with E-state index in [9.17, 15) is 9.59 Å². The van der Waals surface area contributed by atoms with Crippen LogP contribution < -0.4 is 14.8 Å². The standard InChI is InChI=1S/C30H35NO5/c1-17(2)35-26-10-8-7-9-23(26)28-27(30(33)36-18(3)4)19(5)31-24-15-21(16-25(32)29(24)28)20-11-13-22(34-6)14-12-20/h7-14,17-18,21,28,31H,15-16H2,1-6H3/t21-,28-/m0/s1. The van der Waals surface area contributed by atoms with Gasteiger partial charge in [0.2, 0.25) is 0 Å². The molecule has 1 heterocycles. The Balaban J connectivity index is 1.81. The van der Waals surface area contributed by atoms with E-state index in [0.717, 1.165) is 22.6 Å². The molecule has 36 heavy (non-hydrogen) atoms. The number of hydrogen-bond donors (Lipinski definition) is 1. The van der Waals surface area contributed by atoms with Crippen LogP contribution in [0.1, 0.15) is 70.4 Å². The van der Waals surface area contributed by atoms with Crippen molar-refractivity contribution >= 4 is 11.8 Å². The minimum Gasteiger partial charge on any atom is -0.497 e. The summed E-state index contributed by atoms with van der Waals surface area (Å²) >= 11 is 0. The third-order valence-corrected chi connectivity index (χ3v) is 6.57. The molecule has 0 aromatic heterocycles. The fraction of sp³-hybridized carbons (Fsp3) is 0.400. The molecule has 2 aromatic carbocycles. The molecule has 4 rings (SSSR count). The average molecular weight is 490 g/mol. The van der Waals surface area contributed by atoms with Crippen molar-refractivity contribution in [1.82, 2.24) is 5.32 Å². The highest BCUT2D eigenvalue weighted by molar-refractivity contribution is 6.04. The largest absolute Gasteiger partial charge is 0.497 e. The van der Waals surface area contributed by atoms with Gasteiger partial charge in [-0.15, -0.1) is 0 Å². The number of Topliss-reactive ketones (excluding diaryl/α,β-unsaturated/α-hetero) is 1. The van der Waals surface area contributed by atoms with E-state index >= 15 is 0 Å². The molecule has 2 atom stereocenters. The van der Waals surface area contributed by atoms with Crippen LogP contribution in [0.5, 0.6) is 11.5 Å². The van der Waals surface area contributed by atoms with Crippen molar-refractivity contribution < 1.29 is 23.8 Å². The van der Waals surface area contributed by atoms with Crippen LogP contribution in [0.25, 0.3) is 0 Å². The lowest BCUT2D eigenvalue weighted by Gasteiger charge is -2.37. The highest BCUT2D eigenvalue weighted by Crippen LogP contribution is 2.48. The van der Waals surface area contributed by atoms with Gasteiger partial charge in [0, 0.05) is 29.0 Å². The zero-order chi connectivity index (χ0) is 26.0. The van der Waals surface area contributed by atoms with E-state index in [2.05, 4.69) is 5.32 Å². The van der Waals surface area contributed by atoms with Crippen molar-refractivity contribution in [2.75, 3.05) is 7.11 Å². The summed E-state index contributed by atoms with van der Waals surface area (Å²) in [6.07, 6.45) is 0.694. The Morgan fingerprint density at radius 1 is 0.972 bits per heavy atom. The summed E-state index contributed by atoms with van der Waals surface area (Å²) in [6, 6.07) is 15.5. The maximum Gasteiger partial charge on any atom is 0.337 e. The van der Waals surface area contributed by atoms with Gasteiger partial charge in [-0.25, -0.2) is 4.79 Å². The third kappa shape index (κ3) is 5.18. The van der Waals surface area contributed by atoms with Gasteiger partial charge in [-0.05, 0) is 70.7 Å². The SMILES string of the molecule is COc1ccc([C@@H]2CC(=O)C3=C(C2)NC(C)=C(C(=O)OC(C)C)[C@@H]3c2ccccc2OC(C)C)cc1. The molecule has 2 aliphatic rings. The first-order valence-corrected chi connectivity index (χ1v) is 12.5. The van der Waals surface area contributed by atoms with Crippen molar-refractivity contribution in [1.29, 1.82) is 0 Å². The molecule has 0 fully saturated rings. The van der Waals surface area contributed by atoms with Crippen LogP contribution in [0.2, 0.25) is 0 Å². The van der Waals surface area contributed by atoms with E-state index in [4.69, 9.17) is 14.2 Å². The van der Waals surface area contributed by atoms with Gasteiger partial charge >= 0.3 is 5.97 Å². The summed E-state index contributed by atoms with van der Waals surface area (Å²) in [5.41, 5.74) is 4.53. The number of methoxy groups -OCH3 is 1. The predicted molar refractivity (Wildman–Crippen MR) is 139 cm³/mol. The van der Waals surface area contributed by atoms with Crippen LogP contribution in [0.15, 0.2) is 71.1 Å². The number of ether oxygens (including phenoxy) is 3. The number of ketones is 1. The van der Waals surface area contributed by atoms with Crippen LogP contribution in [0.4, 0.5) is 0 Å². The van der Waals surface area contributed by atoms with E-state index in [1.54, 1.807) is 7.11 Å². The van der Waals surface area contributed by atoms with E-state index in [1.165, 1.54) is 0 Å². The van der Waals surface area contributed by atoms with Crippen LogP contribution in [-0.4, -0.2) is 31.1 Å². The molecule has 0 saturated carbocycles. The van der Waals surface area contributed by atoms with Gasteiger partial charge < -0.3 is 19.5 Å². The maximum atomic E-state index is 13.8. The lowest BCUT2D eigenvalue weighted by Crippen LogP contribution is -2.36. The summed E-state index contributed by atoms with van der Waals surface area (Å²) in [6.45, 7) is 9.45. The number of nitrogens with one attached hydrogen (secondary N) is 1. The number of benzene rings is 2. The Hall–Kier alpha value is -3.54. The van der Waals surface area contributed by atoms with E-state index < -0.39 is 11.9 Å². The summed E-state index contributed by atoms with van der Waals surface area (Å²) < 4.78 is 17.1. The predicted octanol–water partition coefficient (Wildman–Crippen LogP) is 5.80. The van der Waals surface area contributed by atoms with Crippen molar-refractivity contribution in [2.24, 2.45) is 0 Å². The zero-order valence-corrected chi connectivity index (χ0v) is 21.9. The van der Waals surface area contributed by atoms with Crippen LogP contribution in [0.3, 0.4) is 0 Å². The smallest absolute Gasteiger partial charge is 0.337 e. The maximum absolute atomic E-state index is 13.8. The molecule has 190 valence electrons. The number of carbonyl (C=O) groups excluding carboxylic acids is 2. The van der Waals surface area contributed by atoms with Gasteiger partial charge in [0.25, 0.3) is 0 Å². The lowest BCUT2D eigenvalue weighted by atomic mass is 9.71. The summed E-state index contributed by atoms with van der Waals surface area (Å²) in [7, 11) is 1.64. The van der Waals surface area contributed by atoms with Gasteiger partial charge in [-0.1, -0.05) is 30.3 Å². The molecule has 0 radical (unpaired) electrons. The number of esters is 1. The Morgan fingerprint density at radius 2 is 1.67 bits per heavy atom. The zero-order valence-electron chi connectivity index (χ0n) is 21.9. The fourth-order valence-corrected chi connectivity index (χ4v) is 5.09. The van der Waals surface area contributed by atoms with Crippen molar-refractivity contribution in [3.63, 3.8) is 0 Å². The fourth-order valence-electron chi connectivity index (χ4n) is 5.09. The van der Waals surface area contributed by atoms with E-state index in [0.29, 0.717) is 35.4 Å². The second-order valence-electron chi connectivity index (χ2n) is 9.95. The van der Waals surface area contributed by atoms with Crippen LogP contribution >= 0.6 is 0 Å². The molecule has 6 nitrogen and oxygen atoms in total. The molecule has 2 aromatic rings. The molecular formula is C30H35NO5. The van der Waals surface area contributed by atoms with Crippen LogP contribution in [0, 0.1) is 0 Å². The number of para-hydroxylation sites is 1. The first-order chi connectivity index (χ1) is 17.2. The number of hydrogen-bond acceptors (Lipinski definition) is 6. The Labute approximate surface area is 213 Å². The minimum atomic E-state index is -0.563. The second-order valence-corrected chi connectivity index (χ2v) is 9.95. The van der Waals surface area contributed by atoms with E-state index in [1.807, 2.05) is 83.1 Å². The molecule has 0 unspecified atom stereocenters. The quantitative estimate of drug-likeness (QED) is 0.496. The molecule has 0 saturated heterocycles. The molecule has 1 aliphatic heterocycles. The van der Waals surface area contributed by atoms with Gasteiger partial charge in [0.15, 0.2) is 5.78 Å².